The van der Waals surface area contributed by atoms with Crippen LogP contribution in [0.5, 0.6) is 0 Å². The number of H-pyrrole nitrogens is 2. The van der Waals surface area contributed by atoms with E-state index in [1.54, 1.807) is 24.8 Å². The molecule has 0 bridgehead atoms. The molecule has 15 N–H and O–H groups in total. The summed E-state index contributed by atoms with van der Waals surface area (Å²) in [7, 11) is -5.17. The maximum absolute atomic E-state index is 8.52. The average molecular weight is 390 g/mol. The van der Waals surface area contributed by atoms with Crippen LogP contribution in [0.25, 0.3) is 11.6 Å². The SMILES string of the molecule is O.O.O=S(=O)([O-])[O-].[O-2].[OH3+].[OH3+].[OH3+].[V+4].c1c[nH]c(-c2ncc[nH]2)n1. The minimum atomic E-state index is -5.17. The second-order valence-corrected chi connectivity index (χ2v) is 3.10. The molecule has 2 heterocycles. The summed E-state index contributed by atoms with van der Waals surface area (Å²) in [5.41, 5.74) is 0. The maximum Gasteiger partial charge on any atom is 4.00 e. The van der Waals surface area contributed by atoms with E-state index in [4.69, 9.17) is 17.5 Å². The fourth-order valence-electron chi connectivity index (χ4n) is 0.790. The summed E-state index contributed by atoms with van der Waals surface area (Å²) in [6, 6.07) is 0. The summed E-state index contributed by atoms with van der Waals surface area (Å²) in [4.78, 5) is 13.9. The van der Waals surface area contributed by atoms with Gasteiger partial charge < -0.3 is 51.9 Å². The van der Waals surface area contributed by atoms with E-state index in [1.165, 1.54) is 0 Å². The summed E-state index contributed by atoms with van der Waals surface area (Å²) in [5, 5.41) is 0. The molecule has 2 rings (SSSR count). The molecule has 0 unspecified atom stereocenters. The number of aromatic nitrogens is 4. The Morgan fingerprint density at radius 3 is 1.23 bits per heavy atom. The van der Waals surface area contributed by atoms with Gasteiger partial charge in [-0.2, -0.15) is 0 Å². The molecule has 2 aromatic heterocycles. The molecular weight excluding hydrogens is 371 g/mol. The largest absolute Gasteiger partial charge is 4.00 e. The Hall–Kier alpha value is -1.37. The first-order valence-corrected chi connectivity index (χ1v) is 4.96. The van der Waals surface area contributed by atoms with E-state index in [2.05, 4.69) is 19.9 Å². The third-order valence-corrected chi connectivity index (χ3v) is 1.22. The van der Waals surface area contributed by atoms with Gasteiger partial charge >= 0.3 is 18.6 Å². The third-order valence-electron chi connectivity index (χ3n) is 1.22. The first-order chi connectivity index (χ1) is 6.97. The van der Waals surface area contributed by atoms with Crippen LogP contribution in [-0.2, 0) is 50.9 Å². The predicted octanol–water partition coefficient (Wildman–Crippen LogP) is -5.07. The van der Waals surface area contributed by atoms with Crippen molar-refractivity contribution in [1.82, 2.24) is 19.9 Å². The fraction of sp³-hybridized carbons (Fsp3) is 0. The van der Waals surface area contributed by atoms with Crippen LogP contribution in [0, 0.1) is 0 Å². The number of nitrogens with zero attached hydrogens (tertiary/aromatic N) is 2. The van der Waals surface area contributed by atoms with Crippen molar-refractivity contribution < 1.29 is 68.9 Å². The van der Waals surface area contributed by atoms with Crippen molar-refractivity contribution in [2.45, 2.75) is 0 Å². The zero-order valence-corrected chi connectivity index (χ0v) is 13.0. The summed E-state index contributed by atoms with van der Waals surface area (Å²) in [6.07, 6.45) is 6.91. The van der Waals surface area contributed by atoms with E-state index in [1.807, 2.05) is 0 Å². The Bertz CT molecular complexity index is 449. The molecule has 16 heteroatoms. The van der Waals surface area contributed by atoms with Crippen LogP contribution in [0.4, 0.5) is 0 Å². The normalized spacial score (nSPS) is 7.18. The smallest absolute Gasteiger partial charge is 2.00 e. The first kappa shape index (κ1) is 42.8. The molecule has 0 amide bonds. The van der Waals surface area contributed by atoms with Gasteiger partial charge in [0.2, 0.25) is 0 Å². The number of imidazole rings is 2. The second kappa shape index (κ2) is 19.6. The topological polar surface area (TPSA) is 328 Å². The first-order valence-electron chi connectivity index (χ1n) is 3.62. The molecule has 14 nitrogen and oxygen atoms in total. The van der Waals surface area contributed by atoms with Crippen LogP contribution < -0.4 is 0 Å². The zero-order valence-electron chi connectivity index (χ0n) is 10.8. The average Bonchev–Trinajstić information content (AvgIpc) is 2.73. The van der Waals surface area contributed by atoms with E-state index >= 15 is 0 Å². The van der Waals surface area contributed by atoms with Crippen molar-refractivity contribution in [3.63, 3.8) is 0 Å². The molecule has 0 saturated heterocycles. The zero-order chi connectivity index (χ0) is 11.3. The van der Waals surface area contributed by atoms with Gasteiger partial charge in [0.05, 0.1) is 0 Å². The predicted molar refractivity (Wildman–Crippen MR) is 69.2 cm³/mol. The minimum Gasteiger partial charge on any atom is -2.00 e. The number of nitrogens with one attached hydrogen (secondary N) is 2. The van der Waals surface area contributed by atoms with Gasteiger partial charge in [-0.25, -0.2) is 9.97 Å². The van der Waals surface area contributed by atoms with Gasteiger partial charge in [0.15, 0.2) is 11.6 Å². The summed E-state index contributed by atoms with van der Waals surface area (Å²) >= 11 is 0. The molecule has 0 atom stereocenters. The Kier molecular flexibility index (Phi) is 38.2. The van der Waals surface area contributed by atoms with Gasteiger partial charge in [-0.05, 0) is 0 Å². The van der Waals surface area contributed by atoms with Gasteiger partial charge in [-0.1, -0.05) is 0 Å². The van der Waals surface area contributed by atoms with E-state index in [-0.39, 0.29) is 51.4 Å². The molecule has 131 valence electrons. The molecule has 2 aromatic rings. The van der Waals surface area contributed by atoms with Crippen LogP contribution >= 0.6 is 0 Å². The van der Waals surface area contributed by atoms with Crippen LogP contribution in [0.15, 0.2) is 24.8 Å². The standard InChI is InChI=1S/C6H6N4.H2O4S.5H2O.O.V/c1-2-8-5(7-1)6-9-3-4-10-6;1-5(2,3)4;;;;;;;/h1-4H,(H,7,8)(H,9,10);(H2,1,2,3,4);5*1H2;;/q;;;;;;;-2;+4/p+1. The number of hydrogen-bond acceptors (Lipinski definition) is 6. The number of rotatable bonds is 1. The number of aromatic amines is 2. The Labute approximate surface area is 136 Å². The van der Waals surface area contributed by atoms with Crippen molar-refractivity contribution >= 4 is 10.4 Å². The molecular formula is C6H19N4O10SV+3. The van der Waals surface area contributed by atoms with Crippen molar-refractivity contribution in [2.75, 3.05) is 0 Å². The van der Waals surface area contributed by atoms with E-state index in [9.17, 15) is 0 Å². The summed E-state index contributed by atoms with van der Waals surface area (Å²) in [6.45, 7) is 0. The van der Waals surface area contributed by atoms with Crippen molar-refractivity contribution in [3.8, 4) is 11.6 Å². The van der Waals surface area contributed by atoms with Crippen LogP contribution in [-0.4, -0.2) is 48.4 Å². The molecule has 0 fully saturated rings. The van der Waals surface area contributed by atoms with Crippen LogP contribution in [0.3, 0.4) is 0 Å². The Balaban J connectivity index is -0.0000000346. The summed E-state index contributed by atoms with van der Waals surface area (Å²) < 4.78 is 34.1. The van der Waals surface area contributed by atoms with E-state index < -0.39 is 10.4 Å². The van der Waals surface area contributed by atoms with E-state index in [0.29, 0.717) is 0 Å². The second-order valence-electron chi connectivity index (χ2n) is 2.28. The summed E-state index contributed by atoms with van der Waals surface area (Å²) in [5.74, 6) is 1.54. The fourth-order valence-corrected chi connectivity index (χ4v) is 0.790. The van der Waals surface area contributed by atoms with Gasteiger partial charge in [0, 0.05) is 35.2 Å². The number of hydrogen-bond donors (Lipinski definition) is 2. The van der Waals surface area contributed by atoms with Crippen molar-refractivity contribution in [2.24, 2.45) is 0 Å². The maximum atomic E-state index is 8.52. The molecule has 0 aliphatic carbocycles. The quantitative estimate of drug-likeness (QED) is 0.272. The molecule has 0 saturated carbocycles. The monoisotopic (exact) mass is 390 g/mol. The molecule has 0 aromatic carbocycles. The van der Waals surface area contributed by atoms with E-state index in [0.717, 1.165) is 11.6 Å². The van der Waals surface area contributed by atoms with Crippen molar-refractivity contribution in [1.29, 1.82) is 0 Å². The Morgan fingerprint density at radius 2 is 1.09 bits per heavy atom. The van der Waals surface area contributed by atoms with Crippen LogP contribution in [0.2, 0.25) is 0 Å². The minimum absolute atomic E-state index is 0. The van der Waals surface area contributed by atoms with Gasteiger partial charge in [0.1, 0.15) is 0 Å². The van der Waals surface area contributed by atoms with Gasteiger partial charge in [0.25, 0.3) is 0 Å². The van der Waals surface area contributed by atoms with Gasteiger partial charge in [-0.3, -0.25) is 8.42 Å². The Morgan fingerprint density at radius 1 is 0.864 bits per heavy atom. The molecule has 0 aliphatic heterocycles. The molecule has 0 spiro atoms. The molecule has 1 radical (unpaired) electrons. The van der Waals surface area contributed by atoms with Gasteiger partial charge in [-0.15, -0.1) is 0 Å². The molecule has 0 aliphatic rings. The molecule has 22 heavy (non-hydrogen) atoms. The van der Waals surface area contributed by atoms with Crippen molar-refractivity contribution in [3.05, 3.63) is 24.8 Å². The third kappa shape index (κ3) is 20.9. The van der Waals surface area contributed by atoms with Crippen LogP contribution in [0.1, 0.15) is 0 Å².